The predicted molar refractivity (Wildman–Crippen MR) is 72.6 cm³/mol. The molecule has 0 aromatic heterocycles. The van der Waals surface area contributed by atoms with Crippen LogP contribution < -0.4 is 9.47 Å². The first-order chi connectivity index (χ1) is 8.39. The van der Waals surface area contributed by atoms with E-state index >= 15 is 0 Å². The molecule has 0 bridgehead atoms. The van der Waals surface area contributed by atoms with Gasteiger partial charge < -0.3 is 9.47 Å². The molecule has 3 heteroatoms. The zero-order valence-corrected chi connectivity index (χ0v) is 11.9. The van der Waals surface area contributed by atoms with Gasteiger partial charge in [-0.25, -0.2) is 0 Å². The van der Waals surface area contributed by atoms with Gasteiger partial charge >= 0.3 is 0 Å². The van der Waals surface area contributed by atoms with Crippen molar-refractivity contribution >= 4 is 5.78 Å². The summed E-state index contributed by atoms with van der Waals surface area (Å²) in [6.45, 7) is 6.37. The molecule has 0 heterocycles. The number of methoxy groups -OCH3 is 2. The Labute approximate surface area is 109 Å². The van der Waals surface area contributed by atoms with Crippen LogP contribution in [0.15, 0.2) is 18.2 Å². The molecule has 0 aliphatic rings. The van der Waals surface area contributed by atoms with Gasteiger partial charge in [-0.1, -0.05) is 26.8 Å². The molecule has 0 unspecified atom stereocenters. The van der Waals surface area contributed by atoms with E-state index < -0.39 is 0 Å². The number of carbonyl (C=O) groups excluding carboxylic acids is 1. The summed E-state index contributed by atoms with van der Waals surface area (Å²) < 4.78 is 10.5. The predicted octanol–water partition coefficient (Wildman–Crippen LogP) is 3.71. The Hall–Kier alpha value is -1.51. The van der Waals surface area contributed by atoms with E-state index in [2.05, 4.69) is 20.8 Å². The van der Waals surface area contributed by atoms with Crippen molar-refractivity contribution in [3.05, 3.63) is 23.8 Å². The Kier molecular flexibility index (Phi) is 4.76. The summed E-state index contributed by atoms with van der Waals surface area (Å²) in [4.78, 5) is 12.3. The van der Waals surface area contributed by atoms with Crippen molar-refractivity contribution < 1.29 is 14.3 Å². The molecule has 0 atom stereocenters. The van der Waals surface area contributed by atoms with Gasteiger partial charge in [0.25, 0.3) is 0 Å². The third kappa shape index (κ3) is 3.76. The molecule has 0 amide bonds. The van der Waals surface area contributed by atoms with Crippen LogP contribution in [0.3, 0.4) is 0 Å². The Morgan fingerprint density at radius 2 is 1.61 bits per heavy atom. The van der Waals surface area contributed by atoms with Crippen LogP contribution in [0, 0.1) is 5.41 Å². The second-order valence-electron chi connectivity index (χ2n) is 5.52. The van der Waals surface area contributed by atoms with Gasteiger partial charge in [-0.15, -0.1) is 0 Å². The van der Waals surface area contributed by atoms with Crippen LogP contribution in [-0.2, 0) is 0 Å². The molecular formula is C15H22O3. The summed E-state index contributed by atoms with van der Waals surface area (Å²) >= 11 is 0. The minimum Gasteiger partial charge on any atom is -0.496 e. The SMILES string of the molecule is COc1cccc(OC)c1C(=O)CCC(C)(C)C. The van der Waals surface area contributed by atoms with E-state index in [0.29, 0.717) is 23.5 Å². The van der Waals surface area contributed by atoms with Gasteiger partial charge in [0.15, 0.2) is 5.78 Å². The molecule has 0 aliphatic heterocycles. The number of ketones is 1. The molecule has 0 radical (unpaired) electrons. The highest BCUT2D eigenvalue weighted by molar-refractivity contribution is 6.01. The fourth-order valence-electron chi connectivity index (χ4n) is 1.74. The smallest absolute Gasteiger partial charge is 0.170 e. The normalized spacial score (nSPS) is 11.2. The van der Waals surface area contributed by atoms with Crippen LogP contribution in [0.5, 0.6) is 11.5 Å². The number of rotatable bonds is 5. The molecule has 18 heavy (non-hydrogen) atoms. The monoisotopic (exact) mass is 250 g/mol. The first kappa shape index (κ1) is 14.6. The highest BCUT2D eigenvalue weighted by Crippen LogP contribution is 2.31. The lowest BCUT2D eigenvalue weighted by Crippen LogP contribution is -2.11. The van der Waals surface area contributed by atoms with Crippen LogP contribution in [-0.4, -0.2) is 20.0 Å². The third-order valence-corrected chi connectivity index (χ3v) is 2.81. The Morgan fingerprint density at radius 1 is 1.11 bits per heavy atom. The Morgan fingerprint density at radius 3 is 2.00 bits per heavy atom. The molecular weight excluding hydrogens is 228 g/mol. The Balaban J connectivity index is 2.96. The highest BCUT2D eigenvalue weighted by Gasteiger charge is 2.20. The van der Waals surface area contributed by atoms with Crippen LogP contribution in [0.4, 0.5) is 0 Å². The number of ether oxygens (including phenoxy) is 2. The second kappa shape index (κ2) is 5.89. The van der Waals surface area contributed by atoms with Gasteiger partial charge in [0.2, 0.25) is 0 Å². The minimum absolute atomic E-state index is 0.0687. The van der Waals surface area contributed by atoms with Crippen molar-refractivity contribution in [2.75, 3.05) is 14.2 Å². The minimum atomic E-state index is 0.0687. The molecule has 0 saturated heterocycles. The van der Waals surface area contributed by atoms with Gasteiger partial charge in [-0.2, -0.15) is 0 Å². The number of carbonyl (C=O) groups is 1. The van der Waals surface area contributed by atoms with Gasteiger partial charge in [0.05, 0.1) is 14.2 Å². The molecule has 0 spiro atoms. The zero-order valence-electron chi connectivity index (χ0n) is 11.9. The Bertz CT molecular complexity index is 394. The average molecular weight is 250 g/mol. The van der Waals surface area contributed by atoms with Crippen LogP contribution >= 0.6 is 0 Å². The average Bonchev–Trinajstić information content (AvgIpc) is 2.33. The standard InChI is InChI=1S/C15H22O3/c1-15(2,3)10-9-11(16)14-12(17-4)7-6-8-13(14)18-5/h6-8H,9-10H2,1-5H3. The molecule has 0 fully saturated rings. The van der Waals surface area contributed by atoms with Crippen LogP contribution in [0.1, 0.15) is 44.0 Å². The van der Waals surface area contributed by atoms with Gasteiger partial charge in [0.1, 0.15) is 17.1 Å². The number of Topliss-reactive ketones (excluding diaryl/α,β-unsaturated/α-hetero) is 1. The largest absolute Gasteiger partial charge is 0.496 e. The summed E-state index contributed by atoms with van der Waals surface area (Å²) in [5.74, 6) is 1.22. The summed E-state index contributed by atoms with van der Waals surface area (Å²) in [5, 5.41) is 0. The van der Waals surface area contributed by atoms with E-state index in [4.69, 9.17) is 9.47 Å². The maximum absolute atomic E-state index is 12.3. The van der Waals surface area contributed by atoms with Crippen molar-refractivity contribution in [3.63, 3.8) is 0 Å². The maximum atomic E-state index is 12.3. The van der Waals surface area contributed by atoms with Crippen molar-refractivity contribution in [1.82, 2.24) is 0 Å². The third-order valence-electron chi connectivity index (χ3n) is 2.81. The number of benzene rings is 1. The van der Waals surface area contributed by atoms with Gasteiger partial charge in [0, 0.05) is 6.42 Å². The molecule has 1 aromatic carbocycles. The lowest BCUT2D eigenvalue weighted by Gasteiger charge is -2.18. The molecule has 3 nitrogen and oxygen atoms in total. The van der Waals surface area contributed by atoms with E-state index in [0.717, 1.165) is 6.42 Å². The molecule has 1 aromatic rings. The van der Waals surface area contributed by atoms with Crippen LogP contribution in [0.2, 0.25) is 0 Å². The van der Waals surface area contributed by atoms with E-state index in [1.807, 2.05) is 6.07 Å². The molecule has 0 N–H and O–H groups in total. The zero-order chi connectivity index (χ0) is 13.8. The van der Waals surface area contributed by atoms with Gasteiger partial charge in [-0.05, 0) is 24.0 Å². The number of hydrogen-bond donors (Lipinski definition) is 0. The van der Waals surface area contributed by atoms with Crippen molar-refractivity contribution in [2.24, 2.45) is 5.41 Å². The van der Waals surface area contributed by atoms with E-state index in [9.17, 15) is 4.79 Å². The lowest BCUT2D eigenvalue weighted by atomic mass is 9.88. The molecule has 0 aliphatic carbocycles. The van der Waals surface area contributed by atoms with E-state index in [-0.39, 0.29) is 11.2 Å². The summed E-state index contributed by atoms with van der Waals surface area (Å²) in [7, 11) is 3.13. The van der Waals surface area contributed by atoms with E-state index in [1.165, 1.54) is 0 Å². The van der Waals surface area contributed by atoms with Gasteiger partial charge in [-0.3, -0.25) is 4.79 Å². The van der Waals surface area contributed by atoms with Crippen molar-refractivity contribution in [2.45, 2.75) is 33.6 Å². The molecule has 1 rings (SSSR count). The first-order valence-electron chi connectivity index (χ1n) is 6.13. The van der Waals surface area contributed by atoms with Crippen LogP contribution in [0.25, 0.3) is 0 Å². The summed E-state index contributed by atoms with van der Waals surface area (Å²) in [6, 6.07) is 5.39. The lowest BCUT2D eigenvalue weighted by molar-refractivity contribution is 0.0960. The molecule has 100 valence electrons. The number of hydrogen-bond acceptors (Lipinski definition) is 3. The highest BCUT2D eigenvalue weighted by atomic mass is 16.5. The fourth-order valence-corrected chi connectivity index (χ4v) is 1.74. The topological polar surface area (TPSA) is 35.5 Å². The first-order valence-corrected chi connectivity index (χ1v) is 6.13. The van der Waals surface area contributed by atoms with Crippen molar-refractivity contribution in [1.29, 1.82) is 0 Å². The second-order valence-corrected chi connectivity index (χ2v) is 5.52. The molecule has 0 saturated carbocycles. The fraction of sp³-hybridized carbons (Fsp3) is 0.533. The van der Waals surface area contributed by atoms with Crippen molar-refractivity contribution in [3.8, 4) is 11.5 Å². The quantitative estimate of drug-likeness (QED) is 0.747. The van der Waals surface area contributed by atoms with E-state index in [1.54, 1.807) is 26.4 Å². The summed E-state index contributed by atoms with van der Waals surface area (Å²) in [5.41, 5.74) is 0.692. The maximum Gasteiger partial charge on any atom is 0.170 e. The summed E-state index contributed by atoms with van der Waals surface area (Å²) in [6.07, 6.45) is 1.34.